The normalized spacial score (nSPS) is 15.1. The van der Waals surface area contributed by atoms with Crippen molar-refractivity contribution >= 4 is 23.1 Å². The molecule has 8 nitrogen and oxygen atoms in total. The van der Waals surface area contributed by atoms with Gasteiger partial charge in [0.2, 0.25) is 0 Å². The summed E-state index contributed by atoms with van der Waals surface area (Å²) >= 11 is 0. The number of nitrogens with zero attached hydrogens (tertiary/aromatic N) is 6. The Hall–Kier alpha value is -2.74. The maximum absolute atomic E-state index is 5.37. The van der Waals surface area contributed by atoms with Crippen LogP contribution in [0.5, 0.6) is 0 Å². The largest absolute Gasteiger partial charge is 0.378 e. The highest BCUT2D eigenvalue weighted by Crippen LogP contribution is 2.20. The van der Waals surface area contributed by atoms with Crippen molar-refractivity contribution in [3.05, 3.63) is 36.4 Å². The Morgan fingerprint density at radius 1 is 1.17 bits per heavy atom. The Balaban J connectivity index is 1.57. The van der Waals surface area contributed by atoms with Gasteiger partial charge in [0, 0.05) is 24.8 Å². The van der Waals surface area contributed by atoms with Crippen LogP contribution in [0.1, 0.15) is 5.69 Å². The zero-order valence-corrected chi connectivity index (χ0v) is 12.8. The summed E-state index contributed by atoms with van der Waals surface area (Å²) in [5.41, 5.74) is 1.77. The van der Waals surface area contributed by atoms with E-state index in [0.717, 1.165) is 49.3 Å². The number of aromatic nitrogens is 5. The molecule has 3 aromatic heterocycles. The van der Waals surface area contributed by atoms with Crippen molar-refractivity contribution < 1.29 is 4.74 Å². The standard InChI is InChI=1S/C15H17N7O/c1-11-8-14(22-15(19-11)17-10-18-22)20-12-2-3-13(16-9-12)21-4-6-23-7-5-21/h2-3,8-10,20H,4-7H2,1H3. The summed E-state index contributed by atoms with van der Waals surface area (Å²) in [4.78, 5) is 15.2. The Morgan fingerprint density at radius 3 is 2.83 bits per heavy atom. The minimum Gasteiger partial charge on any atom is -0.378 e. The van der Waals surface area contributed by atoms with E-state index in [1.54, 1.807) is 4.52 Å². The molecular weight excluding hydrogens is 294 g/mol. The van der Waals surface area contributed by atoms with E-state index in [1.165, 1.54) is 6.33 Å². The van der Waals surface area contributed by atoms with Crippen molar-refractivity contribution in [1.82, 2.24) is 24.6 Å². The van der Waals surface area contributed by atoms with Gasteiger partial charge in [0.25, 0.3) is 5.78 Å². The van der Waals surface area contributed by atoms with E-state index in [2.05, 4.69) is 30.3 Å². The molecule has 0 aromatic carbocycles. The lowest BCUT2D eigenvalue weighted by Gasteiger charge is -2.27. The third-order valence-corrected chi connectivity index (χ3v) is 3.74. The Bertz CT molecular complexity index is 808. The molecule has 1 N–H and O–H groups in total. The topological polar surface area (TPSA) is 80.5 Å². The first-order valence-corrected chi connectivity index (χ1v) is 7.53. The third kappa shape index (κ3) is 2.80. The van der Waals surface area contributed by atoms with Gasteiger partial charge in [-0.15, -0.1) is 0 Å². The molecule has 8 heteroatoms. The summed E-state index contributed by atoms with van der Waals surface area (Å²) in [7, 11) is 0. The summed E-state index contributed by atoms with van der Waals surface area (Å²) in [6, 6.07) is 5.95. The molecule has 0 saturated carbocycles. The molecule has 3 aromatic rings. The molecule has 0 unspecified atom stereocenters. The minimum absolute atomic E-state index is 0.574. The number of aryl methyl sites for hydroxylation is 1. The summed E-state index contributed by atoms with van der Waals surface area (Å²) in [5, 5.41) is 7.50. The van der Waals surface area contributed by atoms with Crippen LogP contribution in [0.4, 0.5) is 17.3 Å². The second-order valence-corrected chi connectivity index (χ2v) is 5.38. The van der Waals surface area contributed by atoms with Crippen molar-refractivity contribution in [3.63, 3.8) is 0 Å². The van der Waals surface area contributed by atoms with Gasteiger partial charge < -0.3 is 15.0 Å². The van der Waals surface area contributed by atoms with Gasteiger partial charge >= 0.3 is 0 Å². The van der Waals surface area contributed by atoms with Crippen LogP contribution < -0.4 is 10.2 Å². The predicted octanol–water partition coefficient (Wildman–Crippen LogP) is 1.41. The molecule has 1 saturated heterocycles. The van der Waals surface area contributed by atoms with Crippen LogP contribution in [-0.2, 0) is 4.74 Å². The van der Waals surface area contributed by atoms with Crippen molar-refractivity contribution in [2.24, 2.45) is 0 Å². The minimum atomic E-state index is 0.574. The first-order valence-electron chi connectivity index (χ1n) is 7.53. The van der Waals surface area contributed by atoms with E-state index in [0.29, 0.717) is 5.78 Å². The van der Waals surface area contributed by atoms with Crippen molar-refractivity contribution in [2.45, 2.75) is 6.92 Å². The molecule has 0 radical (unpaired) electrons. The number of hydrogen-bond donors (Lipinski definition) is 1. The summed E-state index contributed by atoms with van der Waals surface area (Å²) in [6.07, 6.45) is 3.32. The first kappa shape index (κ1) is 13.9. The lowest BCUT2D eigenvalue weighted by atomic mass is 10.3. The van der Waals surface area contributed by atoms with Gasteiger partial charge in [0.1, 0.15) is 18.0 Å². The second-order valence-electron chi connectivity index (χ2n) is 5.38. The zero-order valence-electron chi connectivity index (χ0n) is 12.8. The smallest absolute Gasteiger partial charge is 0.254 e. The number of nitrogens with one attached hydrogen (secondary N) is 1. The van der Waals surface area contributed by atoms with Crippen LogP contribution in [-0.4, -0.2) is 50.9 Å². The fourth-order valence-electron chi connectivity index (χ4n) is 2.61. The molecule has 1 fully saturated rings. The molecule has 118 valence electrons. The summed E-state index contributed by atoms with van der Waals surface area (Å²) < 4.78 is 7.03. The summed E-state index contributed by atoms with van der Waals surface area (Å²) in [6.45, 7) is 5.19. The molecule has 4 heterocycles. The number of ether oxygens (including phenoxy) is 1. The van der Waals surface area contributed by atoms with Crippen molar-refractivity contribution in [2.75, 3.05) is 36.5 Å². The Kier molecular flexibility index (Phi) is 3.51. The van der Waals surface area contributed by atoms with Gasteiger partial charge in [-0.25, -0.2) is 9.97 Å². The van der Waals surface area contributed by atoms with Crippen LogP contribution in [0.2, 0.25) is 0 Å². The van der Waals surface area contributed by atoms with Crippen LogP contribution in [0, 0.1) is 6.92 Å². The zero-order chi connectivity index (χ0) is 15.6. The molecule has 23 heavy (non-hydrogen) atoms. The highest BCUT2D eigenvalue weighted by Gasteiger charge is 2.12. The molecule has 0 atom stereocenters. The van der Waals surface area contributed by atoms with Gasteiger partial charge in [0.15, 0.2) is 0 Å². The first-order chi connectivity index (χ1) is 11.3. The second kappa shape index (κ2) is 5.81. The fraction of sp³-hybridized carbons (Fsp3) is 0.333. The molecule has 1 aliphatic heterocycles. The molecule has 0 aliphatic carbocycles. The number of morpholine rings is 1. The molecule has 0 bridgehead atoms. The van der Waals surface area contributed by atoms with Gasteiger partial charge in [-0.3, -0.25) is 0 Å². The number of rotatable bonds is 3. The van der Waals surface area contributed by atoms with Crippen molar-refractivity contribution in [1.29, 1.82) is 0 Å². The Labute approximate surface area is 133 Å². The van der Waals surface area contributed by atoms with E-state index in [1.807, 2.05) is 31.3 Å². The number of fused-ring (bicyclic) bond motifs is 1. The van der Waals surface area contributed by atoms with Gasteiger partial charge in [-0.1, -0.05) is 0 Å². The van der Waals surface area contributed by atoms with E-state index >= 15 is 0 Å². The lowest BCUT2D eigenvalue weighted by molar-refractivity contribution is 0.122. The van der Waals surface area contributed by atoms with E-state index < -0.39 is 0 Å². The van der Waals surface area contributed by atoms with Gasteiger partial charge in [-0.05, 0) is 19.1 Å². The van der Waals surface area contributed by atoms with Crippen LogP contribution in [0.3, 0.4) is 0 Å². The monoisotopic (exact) mass is 311 g/mol. The van der Waals surface area contributed by atoms with Gasteiger partial charge in [0.05, 0.1) is 25.1 Å². The molecule has 0 amide bonds. The quantitative estimate of drug-likeness (QED) is 0.783. The molecular formula is C15H17N7O. The van der Waals surface area contributed by atoms with Crippen LogP contribution >= 0.6 is 0 Å². The number of pyridine rings is 1. The van der Waals surface area contributed by atoms with Crippen molar-refractivity contribution in [3.8, 4) is 0 Å². The van der Waals surface area contributed by atoms with Gasteiger partial charge in [-0.2, -0.15) is 14.6 Å². The third-order valence-electron chi connectivity index (χ3n) is 3.74. The van der Waals surface area contributed by atoms with E-state index in [9.17, 15) is 0 Å². The molecule has 1 aliphatic rings. The maximum Gasteiger partial charge on any atom is 0.254 e. The van der Waals surface area contributed by atoms with E-state index in [4.69, 9.17) is 4.74 Å². The molecule has 4 rings (SSSR count). The predicted molar refractivity (Wildman–Crippen MR) is 86.1 cm³/mol. The highest BCUT2D eigenvalue weighted by molar-refractivity contribution is 5.59. The van der Waals surface area contributed by atoms with Crippen LogP contribution in [0.25, 0.3) is 5.78 Å². The average molecular weight is 311 g/mol. The summed E-state index contributed by atoms with van der Waals surface area (Å²) in [5.74, 6) is 2.35. The molecule has 0 spiro atoms. The average Bonchev–Trinajstić information content (AvgIpc) is 3.05. The Morgan fingerprint density at radius 2 is 2.04 bits per heavy atom. The van der Waals surface area contributed by atoms with Crippen LogP contribution in [0.15, 0.2) is 30.7 Å². The maximum atomic E-state index is 5.37. The fourth-order valence-corrected chi connectivity index (χ4v) is 2.61. The highest BCUT2D eigenvalue weighted by atomic mass is 16.5. The van der Waals surface area contributed by atoms with E-state index in [-0.39, 0.29) is 0 Å². The number of hydrogen-bond acceptors (Lipinski definition) is 7. The SMILES string of the molecule is Cc1cc(Nc2ccc(N3CCOCC3)nc2)n2ncnc2n1. The lowest BCUT2D eigenvalue weighted by Crippen LogP contribution is -2.36. The number of anilines is 3.